The van der Waals surface area contributed by atoms with Crippen LogP contribution in [0.4, 0.5) is 0 Å². The predicted octanol–water partition coefficient (Wildman–Crippen LogP) is 2.93. The first-order chi connectivity index (χ1) is 6.63. The quantitative estimate of drug-likeness (QED) is 0.501. The minimum Gasteiger partial charge on any atom is -0.463 e. The highest BCUT2D eigenvalue weighted by atomic mass is 16.5. The molecule has 2 unspecified atom stereocenters. The minimum atomic E-state index is -0.177. The highest BCUT2D eigenvalue weighted by molar-refractivity contribution is 5.82. The van der Waals surface area contributed by atoms with Crippen molar-refractivity contribution in [3.63, 3.8) is 0 Å². The lowest BCUT2D eigenvalue weighted by Crippen LogP contribution is -2.16. The minimum absolute atomic E-state index is 0.177. The molecule has 0 aromatic heterocycles. The van der Waals surface area contributed by atoms with Crippen LogP contribution in [0.15, 0.2) is 11.6 Å². The Balaban J connectivity index is 2.49. The number of ether oxygens (including phenoxy) is 1. The zero-order chi connectivity index (χ0) is 10.6. The molecule has 0 amide bonds. The summed E-state index contributed by atoms with van der Waals surface area (Å²) < 4.78 is 4.89. The van der Waals surface area contributed by atoms with Gasteiger partial charge in [-0.25, -0.2) is 4.79 Å². The van der Waals surface area contributed by atoms with E-state index in [1.165, 1.54) is 12.0 Å². The smallest absolute Gasteiger partial charge is 0.330 e. The first-order valence-electron chi connectivity index (χ1n) is 5.49. The van der Waals surface area contributed by atoms with E-state index < -0.39 is 0 Å². The number of rotatable bonds is 2. The zero-order valence-electron chi connectivity index (χ0n) is 9.38. The first kappa shape index (κ1) is 11.3. The van der Waals surface area contributed by atoms with Gasteiger partial charge in [0.15, 0.2) is 0 Å². The Kier molecular flexibility index (Phi) is 4.18. The number of hydrogen-bond acceptors (Lipinski definition) is 2. The lowest BCUT2D eigenvalue weighted by atomic mass is 9.79. The number of esters is 1. The Morgan fingerprint density at radius 3 is 2.79 bits per heavy atom. The molecule has 0 spiro atoms. The molecule has 2 heteroatoms. The second-order valence-corrected chi connectivity index (χ2v) is 4.25. The topological polar surface area (TPSA) is 26.3 Å². The van der Waals surface area contributed by atoms with Crippen molar-refractivity contribution in [2.24, 2.45) is 11.8 Å². The number of allylic oxidation sites excluding steroid dienone is 1. The van der Waals surface area contributed by atoms with Gasteiger partial charge in [0.1, 0.15) is 0 Å². The fourth-order valence-corrected chi connectivity index (χ4v) is 1.90. The lowest BCUT2D eigenvalue weighted by molar-refractivity contribution is -0.137. The Hall–Kier alpha value is -0.790. The predicted molar refractivity (Wildman–Crippen MR) is 56.9 cm³/mol. The second kappa shape index (κ2) is 5.18. The van der Waals surface area contributed by atoms with Gasteiger partial charge in [-0.3, -0.25) is 0 Å². The normalized spacial score (nSPS) is 30.4. The molecule has 0 bridgehead atoms. The number of carbonyl (C=O) groups excluding carboxylic acids is 1. The van der Waals surface area contributed by atoms with Gasteiger partial charge < -0.3 is 4.74 Å². The van der Waals surface area contributed by atoms with Crippen LogP contribution < -0.4 is 0 Å². The van der Waals surface area contributed by atoms with E-state index >= 15 is 0 Å². The summed E-state index contributed by atoms with van der Waals surface area (Å²) >= 11 is 0. The van der Waals surface area contributed by atoms with Gasteiger partial charge in [0, 0.05) is 6.08 Å². The molecule has 0 aromatic rings. The Morgan fingerprint density at radius 2 is 2.21 bits per heavy atom. The van der Waals surface area contributed by atoms with Gasteiger partial charge >= 0.3 is 5.97 Å². The maximum absolute atomic E-state index is 11.2. The van der Waals surface area contributed by atoms with E-state index in [-0.39, 0.29) is 5.97 Å². The molecule has 14 heavy (non-hydrogen) atoms. The average Bonchev–Trinajstić information content (AvgIpc) is 2.12. The molecule has 0 heterocycles. The maximum atomic E-state index is 11.2. The summed E-state index contributed by atoms with van der Waals surface area (Å²) in [4.78, 5) is 11.2. The van der Waals surface area contributed by atoms with E-state index in [0.29, 0.717) is 12.5 Å². The highest BCUT2D eigenvalue weighted by Crippen LogP contribution is 2.32. The third-order valence-electron chi connectivity index (χ3n) is 3.08. The van der Waals surface area contributed by atoms with E-state index in [4.69, 9.17) is 4.74 Å². The van der Waals surface area contributed by atoms with Gasteiger partial charge in [0.2, 0.25) is 0 Å². The van der Waals surface area contributed by atoms with Gasteiger partial charge in [-0.05, 0) is 38.0 Å². The van der Waals surface area contributed by atoms with Crippen molar-refractivity contribution >= 4 is 5.97 Å². The molecule has 1 rings (SSSR count). The van der Waals surface area contributed by atoms with Crippen molar-refractivity contribution in [2.45, 2.75) is 40.0 Å². The van der Waals surface area contributed by atoms with Crippen molar-refractivity contribution in [1.82, 2.24) is 0 Å². The lowest BCUT2D eigenvalue weighted by Gasteiger charge is -2.27. The van der Waals surface area contributed by atoms with Crippen LogP contribution in [0, 0.1) is 11.8 Å². The Morgan fingerprint density at radius 1 is 1.50 bits per heavy atom. The van der Waals surface area contributed by atoms with Gasteiger partial charge in [-0.1, -0.05) is 19.4 Å². The van der Waals surface area contributed by atoms with Crippen molar-refractivity contribution in [2.75, 3.05) is 6.61 Å². The summed E-state index contributed by atoms with van der Waals surface area (Å²) in [6.07, 6.45) is 5.00. The molecule has 1 aliphatic rings. The molecule has 0 N–H and O–H groups in total. The van der Waals surface area contributed by atoms with Crippen LogP contribution in [0.5, 0.6) is 0 Å². The summed E-state index contributed by atoms with van der Waals surface area (Å²) in [6.45, 7) is 6.84. The molecule has 2 atom stereocenters. The zero-order valence-corrected chi connectivity index (χ0v) is 9.38. The van der Waals surface area contributed by atoms with Crippen LogP contribution in [0.25, 0.3) is 0 Å². The number of carbonyl (C=O) groups is 1. The van der Waals surface area contributed by atoms with Crippen molar-refractivity contribution in [3.8, 4) is 0 Å². The standard InChI is InChI=1S/C12H20O2/c1-4-14-12(13)8-11-6-5-9(2)10(3)7-11/h8-10H,4-7H2,1-3H3/b11-8+. The van der Waals surface area contributed by atoms with Crippen molar-refractivity contribution < 1.29 is 9.53 Å². The monoisotopic (exact) mass is 196 g/mol. The summed E-state index contributed by atoms with van der Waals surface area (Å²) in [6, 6.07) is 0. The molecule has 0 radical (unpaired) electrons. The molecule has 0 saturated heterocycles. The van der Waals surface area contributed by atoms with E-state index in [9.17, 15) is 4.79 Å². The van der Waals surface area contributed by atoms with Crippen LogP contribution in [-0.4, -0.2) is 12.6 Å². The summed E-state index contributed by atoms with van der Waals surface area (Å²) in [5.41, 5.74) is 1.26. The molecule has 2 nitrogen and oxygen atoms in total. The largest absolute Gasteiger partial charge is 0.463 e. The molecule has 1 saturated carbocycles. The molecular formula is C12H20O2. The Labute approximate surface area is 86.3 Å². The SMILES string of the molecule is CCOC(=O)/C=C1\CCC(C)C(C)C1. The highest BCUT2D eigenvalue weighted by Gasteiger charge is 2.20. The third kappa shape index (κ3) is 3.17. The van der Waals surface area contributed by atoms with Crippen LogP contribution in [0.1, 0.15) is 40.0 Å². The Bertz CT molecular complexity index is 230. The molecular weight excluding hydrogens is 176 g/mol. The second-order valence-electron chi connectivity index (χ2n) is 4.25. The van der Waals surface area contributed by atoms with E-state index in [1.54, 1.807) is 6.08 Å². The summed E-state index contributed by atoms with van der Waals surface area (Å²) in [7, 11) is 0. The molecule has 0 aromatic carbocycles. The third-order valence-corrected chi connectivity index (χ3v) is 3.08. The van der Waals surface area contributed by atoms with E-state index in [1.807, 2.05) is 6.92 Å². The van der Waals surface area contributed by atoms with Gasteiger partial charge in [-0.2, -0.15) is 0 Å². The average molecular weight is 196 g/mol. The van der Waals surface area contributed by atoms with Crippen LogP contribution >= 0.6 is 0 Å². The van der Waals surface area contributed by atoms with E-state index in [0.717, 1.165) is 18.8 Å². The van der Waals surface area contributed by atoms with Gasteiger partial charge in [0.25, 0.3) is 0 Å². The van der Waals surface area contributed by atoms with Crippen LogP contribution in [0.3, 0.4) is 0 Å². The van der Waals surface area contributed by atoms with Crippen molar-refractivity contribution in [3.05, 3.63) is 11.6 Å². The molecule has 80 valence electrons. The fraction of sp³-hybridized carbons (Fsp3) is 0.750. The molecule has 1 aliphatic carbocycles. The molecule has 1 fully saturated rings. The molecule has 0 aliphatic heterocycles. The number of hydrogen-bond donors (Lipinski definition) is 0. The first-order valence-corrected chi connectivity index (χ1v) is 5.49. The van der Waals surface area contributed by atoms with Gasteiger partial charge in [-0.15, -0.1) is 0 Å². The van der Waals surface area contributed by atoms with Crippen LogP contribution in [-0.2, 0) is 9.53 Å². The summed E-state index contributed by atoms with van der Waals surface area (Å²) in [5.74, 6) is 1.31. The fourth-order valence-electron chi connectivity index (χ4n) is 1.90. The van der Waals surface area contributed by atoms with Gasteiger partial charge in [0.05, 0.1) is 6.61 Å². The maximum Gasteiger partial charge on any atom is 0.330 e. The van der Waals surface area contributed by atoms with Crippen LogP contribution in [0.2, 0.25) is 0 Å². The van der Waals surface area contributed by atoms with Crippen molar-refractivity contribution in [1.29, 1.82) is 0 Å². The van der Waals surface area contributed by atoms with E-state index in [2.05, 4.69) is 13.8 Å². The summed E-state index contributed by atoms with van der Waals surface area (Å²) in [5, 5.41) is 0.